The minimum Gasteiger partial charge on any atom is -0.481 e. The highest BCUT2D eigenvalue weighted by Crippen LogP contribution is 2.33. The molecule has 178 valence electrons. The van der Waals surface area contributed by atoms with Crippen LogP contribution < -0.4 is 5.32 Å². The molecule has 8 heteroatoms. The van der Waals surface area contributed by atoms with E-state index in [-0.39, 0.29) is 6.42 Å². The van der Waals surface area contributed by atoms with Crippen LogP contribution in [0, 0.1) is 6.92 Å². The Morgan fingerprint density at radius 2 is 1.60 bits per heavy atom. The van der Waals surface area contributed by atoms with E-state index in [4.69, 9.17) is 26.0 Å². The van der Waals surface area contributed by atoms with E-state index in [9.17, 15) is 9.59 Å². The van der Waals surface area contributed by atoms with Gasteiger partial charge in [0.05, 0.1) is 6.42 Å². The molecule has 4 rings (SSSR count). The first-order valence-electron chi connectivity index (χ1n) is 10.9. The molecular formula is C27H23ClN2O5. The molecule has 4 aromatic rings. The van der Waals surface area contributed by atoms with Crippen LogP contribution in [-0.2, 0) is 16.0 Å². The van der Waals surface area contributed by atoms with Gasteiger partial charge in [-0.25, -0.2) is 4.79 Å². The van der Waals surface area contributed by atoms with Crippen LogP contribution in [0.25, 0.3) is 22.5 Å². The monoisotopic (exact) mass is 490 g/mol. The highest BCUT2D eigenvalue weighted by Gasteiger charge is 2.20. The Hall–Kier alpha value is -4.10. The largest absolute Gasteiger partial charge is 0.481 e. The molecule has 0 radical (unpaired) electrons. The van der Waals surface area contributed by atoms with E-state index in [2.05, 4.69) is 10.5 Å². The fraction of sp³-hybridized carbons (Fsp3) is 0.148. The van der Waals surface area contributed by atoms with Crippen molar-refractivity contribution in [2.75, 3.05) is 5.32 Å². The van der Waals surface area contributed by atoms with Crippen molar-refractivity contribution in [3.8, 4) is 22.5 Å². The van der Waals surface area contributed by atoms with E-state index in [1.165, 1.54) is 0 Å². The molecule has 0 saturated carbocycles. The Morgan fingerprint density at radius 3 is 2.23 bits per heavy atom. The summed E-state index contributed by atoms with van der Waals surface area (Å²) in [5.41, 5.74) is 5.02. The SMILES string of the molecule is Cc1noc(-c2ccc(-c3ccc(CC(=O)O)cc3)cc2)c1NC(=O)O[C@H](C)c1ccccc1Cl. The second-order valence-electron chi connectivity index (χ2n) is 8.01. The van der Waals surface area contributed by atoms with Crippen molar-refractivity contribution in [2.45, 2.75) is 26.4 Å². The highest BCUT2D eigenvalue weighted by molar-refractivity contribution is 6.31. The molecule has 0 fully saturated rings. The molecule has 2 N–H and O–H groups in total. The Kier molecular flexibility index (Phi) is 7.17. The number of aliphatic carboxylic acids is 1. The second-order valence-corrected chi connectivity index (χ2v) is 8.42. The molecule has 1 aromatic heterocycles. The number of anilines is 1. The summed E-state index contributed by atoms with van der Waals surface area (Å²) in [5, 5.41) is 16.2. The summed E-state index contributed by atoms with van der Waals surface area (Å²) in [4.78, 5) is 23.5. The first-order chi connectivity index (χ1) is 16.8. The van der Waals surface area contributed by atoms with Crippen molar-refractivity contribution >= 4 is 29.4 Å². The normalized spacial score (nSPS) is 11.6. The Bertz CT molecular complexity index is 1350. The molecule has 35 heavy (non-hydrogen) atoms. The number of rotatable bonds is 7. The lowest BCUT2D eigenvalue weighted by Crippen LogP contribution is -2.17. The minimum atomic E-state index is -0.865. The Morgan fingerprint density at radius 1 is 1.00 bits per heavy atom. The molecule has 3 aromatic carbocycles. The van der Waals surface area contributed by atoms with E-state index in [1.807, 2.05) is 48.5 Å². The smallest absolute Gasteiger partial charge is 0.412 e. The average Bonchev–Trinajstić information content (AvgIpc) is 3.19. The summed E-state index contributed by atoms with van der Waals surface area (Å²) in [6.07, 6.45) is -1.21. The van der Waals surface area contributed by atoms with E-state index in [1.54, 1.807) is 38.1 Å². The van der Waals surface area contributed by atoms with Gasteiger partial charge in [0.25, 0.3) is 0 Å². The number of carboxylic acid groups (broad SMARTS) is 1. The number of ether oxygens (including phenoxy) is 1. The second kappa shape index (κ2) is 10.4. The molecule has 0 bridgehead atoms. The predicted molar refractivity (Wildman–Crippen MR) is 133 cm³/mol. The average molecular weight is 491 g/mol. The number of benzene rings is 3. The van der Waals surface area contributed by atoms with Gasteiger partial charge in [0.1, 0.15) is 17.5 Å². The number of hydrogen-bond acceptors (Lipinski definition) is 5. The molecule has 1 heterocycles. The standard InChI is InChI=1S/C27H23ClN2O5/c1-16-25(29-27(33)34-17(2)22-5-3-4-6-23(22)28)26(35-30-16)21-13-11-20(12-14-21)19-9-7-18(8-10-19)15-24(31)32/h3-14,17H,15H2,1-2H3,(H,29,33)(H,31,32)/t17-/m1/s1. The quantitative estimate of drug-likeness (QED) is 0.292. The lowest BCUT2D eigenvalue weighted by Gasteiger charge is -2.15. The third-order valence-corrected chi connectivity index (χ3v) is 5.85. The lowest BCUT2D eigenvalue weighted by molar-refractivity contribution is -0.136. The lowest BCUT2D eigenvalue weighted by atomic mass is 10.0. The number of carboxylic acids is 1. The number of aromatic nitrogens is 1. The Balaban J connectivity index is 1.48. The first-order valence-corrected chi connectivity index (χ1v) is 11.3. The third kappa shape index (κ3) is 5.70. The number of halogens is 1. The van der Waals surface area contributed by atoms with Crippen molar-refractivity contribution < 1.29 is 24.0 Å². The fourth-order valence-electron chi connectivity index (χ4n) is 3.68. The van der Waals surface area contributed by atoms with Crippen LogP contribution in [0.1, 0.15) is 29.8 Å². The van der Waals surface area contributed by atoms with E-state index in [0.717, 1.165) is 22.3 Å². The maximum Gasteiger partial charge on any atom is 0.412 e. The molecule has 0 unspecified atom stereocenters. The summed E-state index contributed by atoms with van der Waals surface area (Å²) < 4.78 is 11.0. The summed E-state index contributed by atoms with van der Waals surface area (Å²) in [5.74, 6) is -0.454. The molecule has 1 atom stereocenters. The van der Waals surface area contributed by atoms with Gasteiger partial charge in [-0.3, -0.25) is 10.1 Å². The number of hydrogen-bond donors (Lipinski definition) is 2. The maximum atomic E-state index is 12.6. The zero-order chi connectivity index (χ0) is 24.9. The maximum absolute atomic E-state index is 12.6. The molecule has 0 saturated heterocycles. The van der Waals surface area contributed by atoms with Gasteiger partial charge >= 0.3 is 12.1 Å². The van der Waals surface area contributed by atoms with Gasteiger partial charge in [-0.15, -0.1) is 0 Å². The van der Waals surface area contributed by atoms with Gasteiger partial charge in [-0.2, -0.15) is 0 Å². The molecule has 0 aliphatic carbocycles. The van der Waals surface area contributed by atoms with Crippen LogP contribution in [0.15, 0.2) is 77.3 Å². The van der Waals surface area contributed by atoms with Crippen molar-refractivity contribution in [3.05, 3.63) is 94.6 Å². The first kappa shape index (κ1) is 24.0. The van der Waals surface area contributed by atoms with Gasteiger partial charge < -0.3 is 14.4 Å². The highest BCUT2D eigenvalue weighted by atomic mass is 35.5. The van der Waals surface area contributed by atoms with Gasteiger partial charge in [-0.1, -0.05) is 83.5 Å². The number of nitrogens with one attached hydrogen (secondary N) is 1. The molecule has 0 aliphatic rings. The molecule has 1 amide bonds. The summed E-state index contributed by atoms with van der Waals surface area (Å²) >= 11 is 6.20. The van der Waals surface area contributed by atoms with Crippen molar-refractivity contribution in [1.29, 1.82) is 0 Å². The van der Waals surface area contributed by atoms with E-state index < -0.39 is 18.2 Å². The van der Waals surface area contributed by atoms with Gasteiger partial charge in [0, 0.05) is 16.1 Å². The summed E-state index contributed by atoms with van der Waals surface area (Å²) in [7, 11) is 0. The van der Waals surface area contributed by atoms with Crippen LogP contribution >= 0.6 is 11.6 Å². The summed E-state index contributed by atoms with van der Waals surface area (Å²) in [6, 6.07) is 22.1. The number of amides is 1. The van der Waals surface area contributed by atoms with Crippen LogP contribution in [0.3, 0.4) is 0 Å². The van der Waals surface area contributed by atoms with E-state index >= 15 is 0 Å². The predicted octanol–water partition coefficient (Wildman–Crippen LogP) is 6.91. The van der Waals surface area contributed by atoms with E-state index in [0.29, 0.717) is 27.7 Å². The Labute approximate surface area is 207 Å². The zero-order valence-corrected chi connectivity index (χ0v) is 19.9. The van der Waals surface area contributed by atoms with Crippen LogP contribution in [0.2, 0.25) is 5.02 Å². The van der Waals surface area contributed by atoms with Crippen LogP contribution in [0.4, 0.5) is 10.5 Å². The molecular weight excluding hydrogens is 468 g/mol. The van der Waals surface area contributed by atoms with Crippen LogP contribution in [-0.4, -0.2) is 22.3 Å². The molecule has 7 nitrogen and oxygen atoms in total. The fourth-order valence-corrected chi connectivity index (χ4v) is 3.97. The number of aryl methyl sites for hydroxylation is 1. The topological polar surface area (TPSA) is 102 Å². The zero-order valence-electron chi connectivity index (χ0n) is 19.1. The molecule has 0 spiro atoms. The number of carbonyl (C=O) groups excluding carboxylic acids is 1. The van der Waals surface area contributed by atoms with Crippen molar-refractivity contribution in [3.63, 3.8) is 0 Å². The molecule has 0 aliphatic heterocycles. The third-order valence-electron chi connectivity index (χ3n) is 5.51. The number of nitrogens with zero attached hydrogens (tertiary/aromatic N) is 1. The van der Waals surface area contributed by atoms with Crippen molar-refractivity contribution in [1.82, 2.24) is 5.16 Å². The number of carbonyl (C=O) groups is 2. The minimum absolute atomic E-state index is 0.0144. The van der Waals surface area contributed by atoms with Crippen molar-refractivity contribution in [2.24, 2.45) is 0 Å². The summed E-state index contributed by atoms with van der Waals surface area (Å²) in [6.45, 7) is 3.47. The van der Waals surface area contributed by atoms with Gasteiger partial charge in [0.15, 0.2) is 5.76 Å². The van der Waals surface area contributed by atoms with Crippen LogP contribution in [0.5, 0.6) is 0 Å². The van der Waals surface area contributed by atoms with Gasteiger partial charge in [0.2, 0.25) is 0 Å². The van der Waals surface area contributed by atoms with Gasteiger partial charge in [-0.05, 0) is 36.6 Å².